The van der Waals surface area contributed by atoms with E-state index >= 15 is 0 Å². The normalized spacial score (nSPS) is 21.0. The number of aryl methyl sites for hydroxylation is 1. The van der Waals surface area contributed by atoms with Crippen molar-refractivity contribution >= 4 is 21.6 Å². The lowest BCUT2D eigenvalue weighted by molar-refractivity contribution is 0.0690. The van der Waals surface area contributed by atoms with E-state index in [1.807, 2.05) is 0 Å². The second-order valence-corrected chi connectivity index (χ2v) is 4.78. The Kier molecular flexibility index (Phi) is 3.29. The summed E-state index contributed by atoms with van der Waals surface area (Å²) in [7, 11) is 0. The van der Waals surface area contributed by atoms with Gasteiger partial charge < -0.3 is 4.90 Å². The molecule has 3 nitrogen and oxygen atoms in total. The monoisotopic (exact) mass is 270 g/mol. The first-order valence-electron chi connectivity index (χ1n) is 5.07. The van der Waals surface area contributed by atoms with E-state index in [2.05, 4.69) is 46.0 Å². The van der Waals surface area contributed by atoms with Crippen LogP contribution in [0.25, 0.3) is 0 Å². The van der Waals surface area contributed by atoms with Crippen LogP contribution >= 0.6 is 15.9 Å². The summed E-state index contributed by atoms with van der Waals surface area (Å²) in [6, 6.07) is 6.39. The zero-order chi connectivity index (χ0) is 10.8. The van der Waals surface area contributed by atoms with Crippen molar-refractivity contribution in [2.24, 2.45) is 5.90 Å². The fourth-order valence-corrected chi connectivity index (χ4v) is 2.15. The third-order valence-corrected chi connectivity index (χ3v) is 3.73. The van der Waals surface area contributed by atoms with Gasteiger partial charge in [-0.05, 0) is 37.1 Å². The molecular weight excluding hydrogens is 256 g/mol. The molecule has 0 radical (unpaired) electrons. The predicted octanol–water partition coefficient (Wildman–Crippen LogP) is 2.23. The van der Waals surface area contributed by atoms with Crippen molar-refractivity contribution in [2.45, 2.75) is 19.4 Å². The number of nitrogens with two attached hydrogens (primary N) is 1. The molecule has 1 aromatic rings. The molecule has 0 aromatic heterocycles. The van der Waals surface area contributed by atoms with Gasteiger partial charge in [0.05, 0.1) is 6.10 Å². The quantitative estimate of drug-likeness (QED) is 0.838. The SMILES string of the molecule is Cc1cc(N2CCC(ON)C2)ccc1Br. The highest BCUT2D eigenvalue weighted by Gasteiger charge is 2.22. The maximum atomic E-state index is 5.19. The summed E-state index contributed by atoms with van der Waals surface area (Å²) < 4.78 is 1.15. The van der Waals surface area contributed by atoms with Crippen molar-refractivity contribution in [3.05, 3.63) is 28.2 Å². The zero-order valence-corrected chi connectivity index (χ0v) is 10.3. The summed E-state index contributed by atoms with van der Waals surface area (Å²) in [5.41, 5.74) is 2.50. The van der Waals surface area contributed by atoms with Gasteiger partial charge in [0, 0.05) is 23.2 Å². The Morgan fingerprint density at radius 1 is 1.53 bits per heavy atom. The minimum absolute atomic E-state index is 0.175. The van der Waals surface area contributed by atoms with Gasteiger partial charge in [0.15, 0.2) is 0 Å². The first-order valence-corrected chi connectivity index (χ1v) is 5.86. The number of halogens is 1. The average Bonchev–Trinajstić information content (AvgIpc) is 2.70. The van der Waals surface area contributed by atoms with E-state index in [9.17, 15) is 0 Å². The van der Waals surface area contributed by atoms with Crippen molar-refractivity contribution < 1.29 is 4.84 Å². The standard InChI is InChI=1S/C11H15BrN2O/c1-8-6-9(2-3-11(8)12)14-5-4-10(7-14)15-13/h2-3,6,10H,4-5,7,13H2,1H3. The average molecular weight is 271 g/mol. The third-order valence-electron chi connectivity index (χ3n) is 2.84. The summed E-state index contributed by atoms with van der Waals surface area (Å²) in [6.07, 6.45) is 1.18. The first-order chi connectivity index (χ1) is 7.20. The molecule has 15 heavy (non-hydrogen) atoms. The van der Waals surface area contributed by atoms with Crippen LogP contribution in [0.3, 0.4) is 0 Å². The lowest BCUT2D eigenvalue weighted by Crippen LogP contribution is -2.24. The second-order valence-electron chi connectivity index (χ2n) is 3.93. The van der Waals surface area contributed by atoms with Crippen molar-refractivity contribution in [2.75, 3.05) is 18.0 Å². The topological polar surface area (TPSA) is 38.5 Å². The molecule has 82 valence electrons. The van der Waals surface area contributed by atoms with Crippen LogP contribution in [0.2, 0.25) is 0 Å². The largest absolute Gasteiger partial charge is 0.369 e. The molecule has 1 aliphatic heterocycles. The molecule has 0 saturated carbocycles. The Balaban J connectivity index is 2.13. The molecule has 1 aromatic carbocycles. The molecular formula is C11H15BrN2O. The minimum Gasteiger partial charge on any atom is -0.369 e. The van der Waals surface area contributed by atoms with Gasteiger partial charge in [0.2, 0.25) is 0 Å². The highest BCUT2D eigenvalue weighted by atomic mass is 79.9. The number of benzene rings is 1. The fraction of sp³-hybridized carbons (Fsp3) is 0.455. The van der Waals surface area contributed by atoms with E-state index in [-0.39, 0.29) is 6.10 Å². The number of rotatable bonds is 2. The smallest absolute Gasteiger partial charge is 0.0978 e. The predicted molar refractivity (Wildman–Crippen MR) is 64.8 cm³/mol. The Morgan fingerprint density at radius 3 is 2.93 bits per heavy atom. The highest BCUT2D eigenvalue weighted by molar-refractivity contribution is 9.10. The summed E-state index contributed by atoms with van der Waals surface area (Å²) in [5.74, 6) is 5.19. The number of anilines is 1. The molecule has 2 N–H and O–H groups in total. The van der Waals surface area contributed by atoms with Crippen LogP contribution in [0.15, 0.2) is 22.7 Å². The van der Waals surface area contributed by atoms with Crippen molar-refractivity contribution in [1.82, 2.24) is 0 Å². The summed E-state index contributed by atoms with van der Waals surface area (Å²) in [6.45, 7) is 4.00. The molecule has 1 heterocycles. The Hall–Kier alpha value is -0.580. The molecule has 0 spiro atoms. The lowest BCUT2D eigenvalue weighted by atomic mass is 10.2. The highest BCUT2D eigenvalue weighted by Crippen LogP contribution is 2.26. The van der Waals surface area contributed by atoms with Crippen molar-refractivity contribution in [3.63, 3.8) is 0 Å². The third kappa shape index (κ3) is 2.33. The van der Waals surface area contributed by atoms with Crippen LogP contribution in [-0.4, -0.2) is 19.2 Å². The van der Waals surface area contributed by atoms with Gasteiger partial charge in [-0.15, -0.1) is 0 Å². The minimum atomic E-state index is 0.175. The van der Waals surface area contributed by atoms with Gasteiger partial charge in [-0.3, -0.25) is 4.84 Å². The van der Waals surface area contributed by atoms with Crippen LogP contribution in [0.1, 0.15) is 12.0 Å². The Bertz CT molecular complexity index is 356. The summed E-state index contributed by atoms with van der Waals surface area (Å²) in [4.78, 5) is 7.17. The Morgan fingerprint density at radius 2 is 2.33 bits per heavy atom. The van der Waals surface area contributed by atoms with Gasteiger partial charge in [0.1, 0.15) is 0 Å². The van der Waals surface area contributed by atoms with E-state index in [4.69, 9.17) is 10.7 Å². The van der Waals surface area contributed by atoms with Crippen molar-refractivity contribution in [3.8, 4) is 0 Å². The molecule has 1 fully saturated rings. The van der Waals surface area contributed by atoms with E-state index in [0.717, 1.165) is 24.0 Å². The van der Waals surface area contributed by atoms with Gasteiger partial charge in [0.25, 0.3) is 0 Å². The molecule has 1 unspecified atom stereocenters. The zero-order valence-electron chi connectivity index (χ0n) is 8.74. The van der Waals surface area contributed by atoms with E-state index in [1.54, 1.807) is 0 Å². The van der Waals surface area contributed by atoms with Crippen LogP contribution in [0.5, 0.6) is 0 Å². The molecule has 0 amide bonds. The Labute approximate surface area is 98.3 Å². The first kappa shape index (κ1) is 10.9. The van der Waals surface area contributed by atoms with Gasteiger partial charge in [-0.1, -0.05) is 15.9 Å². The van der Waals surface area contributed by atoms with Crippen LogP contribution in [0, 0.1) is 6.92 Å². The van der Waals surface area contributed by atoms with Crippen molar-refractivity contribution in [1.29, 1.82) is 0 Å². The maximum absolute atomic E-state index is 5.19. The molecule has 4 heteroatoms. The van der Waals surface area contributed by atoms with Gasteiger partial charge in [-0.2, -0.15) is 0 Å². The lowest BCUT2D eigenvalue weighted by Gasteiger charge is -2.19. The molecule has 1 aliphatic rings. The van der Waals surface area contributed by atoms with Crippen LogP contribution < -0.4 is 10.8 Å². The maximum Gasteiger partial charge on any atom is 0.0978 e. The number of hydrogen-bond acceptors (Lipinski definition) is 3. The summed E-state index contributed by atoms with van der Waals surface area (Å²) >= 11 is 3.50. The molecule has 2 rings (SSSR count). The van der Waals surface area contributed by atoms with Crippen LogP contribution in [0.4, 0.5) is 5.69 Å². The molecule has 0 bridgehead atoms. The summed E-state index contributed by atoms with van der Waals surface area (Å²) in [5, 5.41) is 0. The van der Waals surface area contributed by atoms with E-state index < -0.39 is 0 Å². The van der Waals surface area contributed by atoms with Gasteiger partial charge >= 0.3 is 0 Å². The van der Waals surface area contributed by atoms with E-state index in [1.165, 1.54) is 11.3 Å². The number of hydrogen-bond donors (Lipinski definition) is 1. The van der Waals surface area contributed by atoms with E-state index in [0.29, 0.717) is 0 Å². The molecule has 1 saturated heterocycles. The number of nitrogens with zero attached hydrogens (tertiary/aromatic N) is 1. The molecule has 0 aliphatic carbocycles. The molecule has 1 atom stereocenters. The second kappa shape index (κ2) is 4.51. The fourth-order valence-electron chi connectivity index (χ4n) is 1.90. The van der Waals surface area contributed by atoms with Gasteiger partial charge in [-0.25, -0.2) is 5.90 Å². The van der Waals surface area contributed by atoms with Crippen LogP contribution in [-0.2, 0) is 4.84 Å².